The van der Waals surface area contributed by atoms with Crippen molar-refractivity contribution in [1.82, 2.24) is 5.32 Å². The van der Waals surface area contributed by atoms with Crippen LogP contribution in [0.3, 0.4) is 0 Å². The van der Waals surface area contributed by atoms with Crippen LogP contribution in [0.4, 0.5) is 0 Å². The number of carbonyl (C=O) groups excluding carboxylic acids is 2. The molecule has 0 radical (unpaired) electrons. The molecule has 0 heterocycles. The van der Waals surface area contributed by atoms with Crippen molar-refractivity contribution in [2.45, 2.75) is 52.0 Å². The van der Waals surface area contributed by atoms with Gasteiger partial charge in [0, 0.05) is 5.92 Å². The van der Waals surface area contributed by atoms with Crippen molar-refractivity contribution in [2.75, 3.05) is 0 Å². The van der Waals surface area contributed by atoms with Crippen molar-refractivity contribution in [1.29, 1.82) is 0 Å². The van der Waals surface area contributed by atoms with E-state index in [1.165, 1.54) is 12.8 Å². The van der Waals surface area contributed by atoms with E-state index >= 15 is 0 Å². The number of allylic oxidation sites excluding steroid dienone is 1. The second-order valence-electron chi connectivity index (χ2n) is 4.16. The van der Waals surface area contributed by atoms with E-state index in [2.05, 4.69) is 18.3 Å². The second kappa shape index (κ2) is 9.87. The first-order chi connectivity index (χ1) is 8.17. The molecule has 2 amide bonds. The molecule has 0 aromatic heterocycles. The predicted molar refractivity (Wildman–Crippen MR) is 69.2 cm³/mol. The van der Waals surface area contributed by atoms with Gasteiger partial charge in [-0.1, -0.05) is 38.8 Å². The Balaban J connectivity index is 4.26. The number of amides is 2. The highest BCUT2D eigenvalue weighted by atomic mass is 16.2. The fourth-order valence-corrected chi connectivity index (χ4v) is 1.76. The minimum atomic E-state index is -0.597. The van der Waals surface area contributed by atoms with Crippen molar-refractivity contribution >= 4 is 12.3 Å². The van der Waals surface area contributed by atoms with Crippen LogP contribution in [0.5, 0.6) is 0 Å². The quantitative estimate of drug-likeness (QED) is 0.347. The molecule has 0 rings (SSSR count). The molecule has 0 bridgehead atoms. The maximum Gasteiger partial charge on any atom is 0.240 e. The van der Waals surface area contributed by atoms with Crippen LogP contribution in [0, 0.1) is 5.92 Å². The number of hydrogen-bond donors (Lipinski definition) is 2. The van der Waals surface area contributed by atoms with Crippen molar-refractivity contribution in [3.05, 3.63) is 12.2 Å². The van der Waals surface area contributed by atoms with Gasteiger partial charge >= 0.3 is 0 Å². The highest BCUT2D eigenvalue weighted by Crippen LogP contribution is 2.12. The van der Waals surface area contributed by atoms with E-state index in [4.69, 9.17) is 5.73 Å². The molecule has 2 atom stereocenters. The first-order valence-electron chi connectivity index (χ1n) is 6.33. The van der Waals surface area contributed by atoms with Gasteiger partial charge < -0.3 is 11.1 Å². The van der Waals surface area contributed by atoms with E-state index < -0.39 is 11.9 Å². The summed E-state index contributed by atoms with van der Waals surface area (Å²) in [6, 6.07) is -0.597. The van der Waals surface area contributed by atoms with Crippen LogP contribution >= 0.6 is 0 Å². The third kappa shape index (κ3) is 6.76. The number of hydrogen-bond acceptors (Lipinski definition) is 2. The molecule has 0 aliphatic heterocycles. The maximum absolute atomic E-state index is 11.2. The van der Waals surface area contributed by atoms with Crippen LogP contribution in [0.25, 0.3) is 0 Å². The molecular weight excluding hydrogens is 216 g/mol. The van der Waals surface area contributed by atoms with Crippen molar-refractivity contribution in [3.8, 4) is 0 Å². The standard InChI is InChI=1S/C13H24N2O2/c1-3-5-6-7-8-9-11(4-2)12(13(14)17)15-10-16/h8-12H,3-7H2,1-2H3,(H2,14,17)(H,15,16)/b9-8-/t11-,12+/m0/s1. The van der Waals surface area contributed by atoms with Crippen LogP contribution in [-0.4, -0.2) is 18.4 Å². The van der Waals surface area contributed by atoms with Crippen LogP contribution in [0.2, 0.25) is 0 Å². The summed E-state index contributed by atoms with van der Waals surface area (Å²) < 4.78 is 0. The lowest BCUT2D eigenvalue weighted by Gasteiger charge is -2.19. The van der Waals surface area contributed by atoms with E-state index in [-0.39, 0.29) is 5.92 Å². The first kappa shape index (κ1) is 15.7. The van der Waals surface area contributed by atoms with E-state index in [1.54, 1.807) is 0 Å². The molecule has 98 valence electrons. The number of nitrogens with two attached hydrogens (primary N) is 1. The zero-order valence-corrected chi connectivity index (χ0v) is 10.8. The summed E-state index contributed by atoms with van der Waals surface area (Å²) in [5.41, 5.74) is 5.26. The van der Waals surface area contributed by atoms with Crippen LogP contribution in [-0.2, 0) is 9.59 Å². The van der Waals surface area contributed by atoms with Gasteiger partial charge in [-0.3, -0.25) is 9.59 Å². The van der Waals surface area contributed by atoms with Gasteiger partial charge in [0.15, 0.2) is 0 Å². The Kier molecular flexibility index (Phi) is 9.11. The molecule has 0 aliphatic rings. The number of nitrogens with one attached hydrogen (secondary N) is 1. The van der Waals surface area contributed by atoms with Gasteiger partial charge in [0.2, 0.25) is 12.3 Å². The van der Waals surface area contributed by atoms with Gasteiger partial charge in [0.05, 0.1) is 0 Å². The maximum atomic E-state index is 11.2. The lowest BCUT2D eigenvalue weighted by Crippen LogP contribution is -2.45. The SMILES string of the molecule is CCCCC/C=C\[C@H](CC)[C@@H](NC=O)C(N)=O. The Morgan fingerprint density at radius 3 is 2.53 bits per heavy atom. The Morgan fingerprint density at radius 2 is 2.06 bits per heavy atom. The summed E-state index contributed by atoms with van der Waals surface area (Å²) >= 11 is 0. The minimum Gasteiger partial charge on any atom is -0.368 e. The first-order valence-corrected chi connectivity index (χ1v) is 6.33. The molecule has 3 N–H and O–H groups in total. The molecule has 0 aromatic carbocycles. The molecule has 0 unspecified atom stereocenters. The van der Waals surface area contributed by atoms with Crippen molar-refractivity contribution in [3.63, 3.8) is 0 Å². The molecular formula is C13H24N2O2. The third-order valence-electron chi connectivity index (χ3n) is 2.81. The molecule has 0 spiro atoms. The smallest absolute Gasteiger partial charge is 0.240 e. The second-order valence-corrected chi connectivity index (χ2v) is 4.16. The number of primary amides is 1. The molecule has 17 heavy (non-hydrogen) atoms. The topological polar surface area (TPSA) is 72.2 Å². The summed E-state index contributed by atoms with van der Waals surface area (Å²) in [4.78, 5) is 21.6. The molecule has 0 aliphatic carbocycles. The average molecular weight is 240 g/mol. The summed E-state index contributed by atoms with van der Waals surface area (Å²) in [5.74, 6) is -0.499. The molecule has 0 fully saturated rings. The monoisotopic (exact) mass is 240 g/mol. The van der Waals surface area contributed by atoms with E-state index in [9.17, 15) is 9.59 Å². The van der Waals surface area contributed by atoms with Crippen molar-refractivity contribution in [2.24, 2.45) is 11.7 Å². The largest absolute Gasteiger partial charge is 0.368 e. The molecule has 4 heteroatoms. The predicted octanol–water partition coefficient (Wildman–Crippen LogP) is 1.75. The summed E-state index contributed by atoms with van der Waals surface area (Å²) in [6.45, 7) is 4.14. The fraction of sp³-hybridized carbons (Fsp3) is 0.692. The molecule has 0 aromatic rings. The molecule has 4 nitrogen and oxygen atoms in total. The zero-order chi connectivity index (χ0) is 13.1. The van der Waals surface area contributed by atoms with E-state index in [0.717, 1.165) is 19.3 Å². The lowest BCUT2D eigenvalue weighted by atomic mass is 9.95. The van der Waals surface area contributed by atoms with Gasteiger partial charge in [-0.05, 0) is 19.3 Å². The Hall–Kier alpha value is -1.32. The zero-order valence-electron chi connectivity index (χ0n) is 10.8. The summed E-state index contributed by atoms with van der Waals surface area (Å²) in [6.07, 6.45) is 9.95. The number of carbonyl (C=O) groups is 2. The Morgan fingerprint density at radius 1 is 1.35 bits per heavy atom. The van der Waals surface area contributed by atoms with Crippen LogP contribution < -0.4 is 11.1 Å². The van der Waals surface area contributed by atoms with Crippen LogP contribution in [0.15, 0.2) is 12.2 Å². The average Bonchev–Trinajstić information content (AvgIpc) is 2.31. The Labute approximate surface area is 104 Å². The van der Waals surface area contributed by atoms with Crippen molar-refractivity contribution < 1.29 is 9.59 Å². The molecule has 0 saturated carbocycles. The summed E-state index contributed by atoms with van der Waals surface area (Å²) in [5, 5.41) is 2.48. The highest BCUT2D eigenvalue weighted by Gasteiger charge is 2.21. The number of unbranched alkanes of at least 4 members (excludes halogenated alkanes) is 3. The Bertz CT molecular complexity index is 252. The summed E-state index contributed by atoms with van der Waals surface area (Å²) in [7, 11) is 0. The molecule has 0 saturated heterocycles. The van der Waals surface area contributed by atoms with E-state index in [1.807, 2.05) is 13.0 Å². The number of rotatable bonds is 10. The lowest BCUT2D eigenvalue weighted by molar-refractivity contribution is -0.123. The highest BCUT2D eigenvalue weighted by molar-refractivity contribution is 5.82. The minimum absolute atomic E-state index is 0.0145. The van der Waals surface area contributed by atoms with Crippen LogP contribution in [0.1, 0.15) is 46.0 Å². The van der Waals surface area contributed by atoms with Gasteiger partial charge in [0.25, 0.3) is 0 Å². The third-order valence-corrected chi connectivity index (χ3v) is 2.81. The van der Waals surface area contributed by atoms with E-state index in [0.29, 0.717) is 6.41 Å². The van der Waals surface area contributed by atoms with Gasteiger partial charge in [0.1, 0.15) is 6.04 Å². The fourth-order valence-electron chi connectivity index (χ4n) is 1.76. The van der Waals surface area contributed by atoms with Gasteiger partial charge in [-0.15, -0.1) is 0 Å². The van der Waals surface area contributed by atoms with Gasteiger partial charge in [-0.2, -0.15) is 0 Å². The normalized spacial score (nSPS) is 14.5. The van der Waals surface area contributed by atoms with Gasteiger partial charge in [-0.25, -0.2) is 0 Å².